The fourth-order valence-electron chi connectivity index (χ4n) is 3.11. The monoisotopic (exact) mass is 418 g/mol. The van der Waals surface area contributed by atoms with Crippen molar-refractivity contribution in [3.63, 3.8) is 0 Å². The predicted octanol–water partition coefficient (Wildman–Crippen LogP) is 2.21. The molecule has 0 bridgehead atoms. The molecule has 1 aliphatic rings. The molecule has 8 nitrogen and oxygen atoms in total. The first-order valence-corrected chi connectivity index (χ1v) is 10.5. The lowest BCUT2D eigenvalue weighted by molar-refractivity contribution is -0.128. The minimum absolute atomic E-state index is 0.0675. The van der Waals surface area contributed by atoms with Gasteiger partial charge in [-0.15, -0.1) is 0 Å². The lowest BCUT2D eigenvalue weighted by Gasteiger charge is -2.16. The second kappa shape index (κ2) is 8.12. The van der Waals surface area contributed by atoms with E-state index in [9.17, 15) is 18.0 Å². The average Bonchev–Trinajstić information content (AvgIpc) is 3.20. The Balaban J connectivity index is 1.80. The Labute approximate surface area is 169 Å². The minimum Gasteiger partial charge on any atom is -0.497 e. The van der Waals surface area contributed by atoms with Crippen LogP contribution < -0.4 is 10.1 Å². The van der Waals surface area contributed by atoms with Gasteiger partial charge in [0.15, 0.2) is 0 Å². The summed E-state index contributed by atoms with van der Waals surface area (Å²) in [6.45, 7) is 2.99. The van der Waals surface area contributed by atoms with E-state index in [4.69, 9.17) is 9.15 Å². The molecule has 0 saturated heterocycles. The zero-order chi connectivity index (χ0) is 21.2. The van der Waals surface area contributed by atoms with Crippen molar-refractivity contribution in [2.75, 3.05) is 13.7 Å². The van der Waals surface area contributed by atoms with Gasteiger partial charge in [-0.25, -0.2) is 12.7 Å². The zero-order valence-electron chi connectivity index (χ0n) is 16.4. The van der Waals surface area contributed by atoms with Crippen LogP contribution in [0.3, 0.4) is 0 Å². The topological polar surface area (TPSA) is 106 Å². The summed E-state index contributed by atoms with van der Waals surface area (Å²) in [5.41, 5.74) is 0.537. The third kappa shape index (κ3) is 4.04. The van der Waals surface area contributed by atoms with Crippen LogP contribution >= 0.6 is 0 Å². The number of furan rings is 1. The predicted molar refractivity (Wildman–Crippen MR) is 106 cm³/mol. The summed E-state index contributed by atoms with van der Waals surface area (Å²) < 4.78 is 37.2. The molecule has 0 fully saturated rings. The summed E-state index contributed by atoms with van der Waals surface area (Å²) >= 11 is 0. The molecule has 1 aromatic heterocycles. The highest BCUT2D eigenvalue weighted by molar-refractivity contribution is 7.99. The maximum Gasteiger partial charge on any atom is 0.268 e. The molecule has 0 atom stereocenters. The van der Waals surface area contributed by atoms with E-state index in [-0.39, 0.29) is 23.4 Å². The molecular formula is C20H22N2O6S. The summed E-state index contributed by atoms with van der Waals surface area (Å²) in [5.74, 6) is 0.536. The van der Waals surface area contributed by atoms with Crippen molar-refractivity contribution in [3.8, 4) is 5.75 Å². The Bertz CT molecular complexity index is 1070. The Kier molecular flexibility index (Phi) is 5.78. The largest absolute Gasteiger partial charge is 0.497 e. The Morgan fingerprint density at radius 3 is 2.41 bits per heavy atom. The Hall–Kier alpha value is -3.07. The number of aryl methyl sites for hydroxylation is 1. The Morgan fingerprint density at radius 1 is 1.17 bits per heavy atom. The number of hydrogen-bond donors (Lipinski definition) is 1. The van der Waals surface area contributed by atoms with Crippen molar-refractivity contribution < 1.29 is 27.2 Å². The quantitative estimate of drug-likeness (QED) is 0.739. The number of hydrogen-bond acceptors (Lipinski definition) is 6. The highest BCUT2D eigenvalue weighted by Crippen LogP contribution is 2.37. The molecule has 0 radical (unpaired) electrons. The van der Waals surface area contributed by atoms with Crippen molar-refractivity contribution in [1.82, 2.24) is 9.62 Å². The second-order valence-electron chi connectivity index (χ2n) is 6.50. The molecular weight excluding hydrogens is 396 g/mol. The summed E-state index contributed by atoms with van der Waals surface area (Å²) in [7, 11) is -2.64. The number of ether oxygens (including phenoxy) is 1. The number of carbonyl (C=O) groups is 2. The third-order valence-corrected chi connectivity index (χ3v) is 6.43. The summed E-state index contributed by atoms with van der Waals surface area (Å²) in [4.78, 5) is 25.0. The van der Waals surface area contributed by atoms with Gasteiger partial charge in [-0.1, -0.05) is 6.92 Å². The highest BCUT2D eigenvalue weighted by Gasteiger charge is 2.44. The van der Waals surface area contributed by atoms with Crippen molar-refractivity contribution in [2.24, 2.45) is 0 Å². The van der Waals surface area contributed by atoms with Crippen molar-refractivity contribution in [1.29, 1.82) is 0 Å². The van der Waals surface area contributed by atoms with Crippen molar-refractivity contribution in [3.05, 3.63) is 59.1 Å². The highest BCUT2D eigenvalue weighted by atomic mass is 32.2. The van der Waals surface area contributed by atoms with Crippen molar-refractivity contribution in [2.45, 2.75) is 26.8 Å². The molecule has 0 aliphatic carbocycles. The first-order chi connectivity index (χ1) is 13.8. The SMILES string of the molecule is CCC1=C(c2ccc(OC)cc2)S(=O)(=O)N(CC(=O)NCc2ccc(C)o2)C1=O. The molecule has 29 heavy (non-hydrogen) atoms. The van der Waals surface area contributed by atoms with Gasteiger partial charge in [0.25, 0.3) is 15.9 Å². The summed E-state index contributed by atoms with van der Waals surface area (Å²) in [5, 5.41) is 2.57. The van der Waals surface area contributed by atoms with Crippen LogP contribution in [-0.2, 0) is 26.2 Å². The average molecular weight is 418 g/mol. The van der Waals surface area contributed by atoms with E-state index in [2.05, 4.69) is 5.32 Å². The maximum atomic E-state index is 13.1. The number of rotatable bonds is 7. The van der Waals surface area contributed by atoms with E-state index < -0.39 is 28.4 Å². The van der Waals surface area contributed by atoms with Gasteiger partial charge in [0.2, 0.25) is 5.91 Å². The van der Waals surface area contributed by atoms with Crippen LogP contribution in [0.25, 0.3) is 4.91 Å². The number of sulfonamides is 1. The van der Waals surface area contributed by atoms with Gasteiger partial charge in [-0.05, 0) is 55.3 Å². The van der Waals surface area contributed by atoms with Gasteiger partial charge in [-0.3, -0.25) is 9.59 Å². The standard InChI is InChI=1S/C20H22N2O6S/c1-4-17-19(14-6-9-15(27-3)10-7-14)29(25,26)22(20(17)24)12-18(23)21-11-16-8-5-13(2)28-16/h5-10H,4,11-12H2,1-3H3,(H,21,23). The molecule has 3 rings (SSSR count). The lowest BCUT2D eigenvalue weighted by Crippen LogP contribution is -2.40. The number of benzene rings is 1. The Morgan fingerprint density at radius 2 is 1.86 bits per heavy atom. The molecule has 9 heteroatoms. The van der Waals surface area contributed by atoms with E-state index in [0.29, 0.717) is 27.1 Å². The normalized spacial score (nSPS) is 15.7. The molecule has 0 saturated carbocycles. The summed E-state index contributed by atoms with van der Waals surface area (Å²) in [6, 6.07) is 9.88. The molecule has 2 amide bonds. The first kappa shape index (κ1) is 20.7. The molecule has 0 spiro atoms. The molecule has 2 heterocycles. The molecule has 2 aromatic rings. The van der Waals surface area contributed by atoms with Gasteiger partial charge < -0.3 is 14.5 Å². The first-order valence-electron chi connectivity index (χ1n) is 9.04. The minimum atomic E-state index is -4.15. The maximum absolute atomic E-state index is 13.1. The van der Waals surface area contributed by atoms with Crippen LogP contribution in [-0.4, -0.2) is 38.2 Å². The fraction of sp³-hybridized carbons (Fsp3) is 0.300. The smallest absolute Gasteiger partial charge is 0.268 e. The molecule has 154 valence electrons. The number of amides is 2. The summed E-state index contributed by atoms with van der Waals surface area (Å²) in [6.07, 6.45) is 0.225. The molecule has 0 unspecified atom stereocenters. The van der Waals surface area contributed by atoms with Crippen LogP contribution in [0.5, 0.6) is 5.75 Å². The van der Waals surface area contributed by atoms with Crippen LogP contribution in [0.15, 0.2) is 46.4 Å². The number of carbonyl (C=O) groups excluding carboxylic acids is 2. The number of nitrogens with zero attached hydrogens (tertiary/aromatic N) is 1. The fourth-order valence-corrected chi connectivity index (χ4v) is 4.92. The van der Waals surface area contributed by atoms with Crippen LogP contribution in [0.1, 0.15) is 30.4 Å². The van der Waals surface area contributed by atoms with Gasteiger partial charge in [0.1, 0.15) is 28.7 Å². The zero-order valence-corrected chi connectivity index (χ0v) is 17.2. The van der Waals surface area contributed by atoms with Gasteiger partial charge in [0, 0.05) is 5.57 Å². The number of methoxy groups -OCH3 is 1. The third-order valence-electron chi connectivity index (χ3n) is 4.56. The molecule has 1 aliphatic heterocycles. The van der Waals surface area contributed by atoms with Crippen molar-refractivity contribution >= 4 is 26.7 Å². The van der Waals surface area contributed by atoms with Crippen LogP contribution in [0.2, 0.25) is 0 Å². The van der Waals surface area contributed by atoms with Gasteiger partial charge in [0.05, 0.1) is 13.7 Å². The number of nitrogens with one attached hydrogen (secondary N) is 1. The van der Waals surface area contributed by atoms with E-state index in [0.717, 1.165) is 0 Å². The van der Waals surface area contributed by atoms with E-state index >= 15 is 0 Å². The van der Waals surface area contributed by atoms with E-state index in [1.165, 1.54) is 7.11 Å². The van der Waals surface area contributed by atoms with E-state index in [1.807, 2.05) is 0 Å². The molecule has 1 aromatic carbocycles. The van der Waals surface area contributed by atoms with Crippen LogP contribution in [0, 0.1) is 6.92 Å². The van der Waals surface area contributed by atoms with Gasteiger partial charge in [-0.2, -0.15) is 0 Å². The second-order valence-corrected chi connectivity index (χ2v) is 8.29. The van der Waals surface area contributed by atoms with Crippen LogP contribution in [0.4, 0.5) is 0 Å². The lowest BCUT2D eigenvalue weighted by atomic mass is 10.1. The molecule has 1 N–H and O–H groups in total. The van der Waals surface area contributed by atoms with Gasteiger partial charge >= 0.3 is 0 Å². The van der Waals surface area contributed by atoms with E-state index in [1.54, 1.807) is 50.2 Å².